The first kappa shape index (κ1) is 18.1. The Labute approximate surface area is 173 Å². The molecule has 0 bridgehead atoms. The summed E-state index contributed by atoms with van der Waals surface area (Å²) in [6, 6.07) is 16.2. The van der Waals surface area contributed by atoms with Crippen LogP contribution in [0.15, 0.2) is 53.7 Å². The van der Waals surface area contributed by atoms with E-state index in [4.69, 9.17) is 4.98 Å². The number of benzene rings is 2. The molecule has 29 heavy (non-hydrogen) atoms. The zero-order valence-corrected chi connectivity index (χ0v) is 17.3. The molecule has 0 N–H and O–H groups in total. The maximum Gasteiger partial charge on any atom is 0.240 e. The number of rotatable bonds is 3. The van der Waals surface area contributed by atoms with Crippen molar-refractivity contribution in [2.24, 2.45) is 0 Å². The van der Waals surface area contributed by atoms with Gasteiger partial charge in [0, 0.05) is 17.1 Å². The van der Waals surface area contributed by atoms with Crippen LogP contribution >= 0.6 is 11.8 Å². The average Bonchev–Trinajstić information content (AvgIpc) is 3.26. The molecular weight excluding hydrogens is 382 g/mol. The normalized spacial score (nSPS) is 17.1. The summed E-state index contributed by atoms with van der Waals surface area (Å²) >= 11 is 1.43. The van der Waals surface area contributed by atoms with Crippen molar-refractivity contribution in [3.8, 4) is 0 Å². The van der Waals surface area contributed by atoms with Crippen LogP contribution in [0.5, 0.6) is 0 Å². The van der Waals surface area contributed by atoms with Crippen molar-refractivity contribution in [1.82, 2.24) is 19.6 Å². The molecule has 7 heteroatoms. The molecule has 6 nitrogen and oxygen atoms in total. The lowest BCUT2D eigenvalue weighted by atomic mass is 10.1. The number of fused-ring (bicyclic) bond motifs is 4. The summed E-state index contributed by atoms with van der Waals surface area (Å²) in [5, 5.41) is 5.86. The fraction of sp³-hybridized carbons (Fsp3) is 0.273. The molecule has 146 valence electrons. The summed E-state index contributed by atoms with van der Waals surface area (Å²) in [6.45, 7) is 5.91. The summed E-state index contributed by atoms with van der Waals surface area (Å²) in [7, 11) is 0. The van der Waals surface area contributed by atoms with E-state index >= 15 is 0 Å². The first-order valence-corrected chi connectivity index (χ1v) is 10.6. The van der Waals surface area contributed by atoms with E-state index in [1.165, 1.54) is 17.3 Å². The maximum atomic E-state index is 13.4. The minimum absolute atomic E-state index is 0.0902. The number of aryl methyl sites for hydroxylation is 1. The summed E-state index contributed by atoms with van der Waals surface area (Å²) in [5.74, 6) is 0.776. The summed E-state index contributed by atoms with van der Waals surface area (Å²) in [5.41, 5.74) is 3.87. The molecule has 2 atom stereocenters. The van der Waals surface area contributed by atoms with Gasteiger partial charge in [-0.1, -0.05) is 42.1 Å². The lowest BCUT2D eigenvalue weighted by Gasteiger charge is -2.25. The van der Waals surface area contributed by atoms with E-state index in [0.29, 0.717) is 11.0 Å². The minimum Gasteiger partial charge on any atom is -0.308 e. The number of anilines is 1. The Balaban J connectivity index is 1.51. The molecule has 1 amide bonds. The van der Waals surface area contributed by atoms with Crippen molar-refractivity contribution in [3.63, 3.8) is 0 Å². The zero-order chi connectivity index (χ0) is 20.1. The Bertz CT molecular complexity index is 1250. The maximum absolute atomic E-state index is 13.4. The lowest BCUT2D eigenvalue weighted by molar-refractivity contribution is -0.118. The third-order valence-electron chi connectivity index (χ3n) is 5.33. The summed E-state index contributed by atoms with van der Waals surface area (Å²) < 4.78 is 1.76. The molecule has 2 aromatic carbocycles. The number of carbonyl (C=O) groups excluding carboxylic acids is 1. The van der Waals surface area contributed by atoms with Crippen molar-refractivity contribution in [1.29, 1.82) is 0 Å². The van der Waals surface area contributed by atoms with Gasteiger partial charge in [0.25, 0.3) is 0 Å². The van der Waals surface area contributed by atoms with Gasteiger partial charge in [-0.2, -0.15) is 4.52 Å². The molecule has 0 fully saturated rings. The predicted molar refractivity (Wildman–Crippen MR) is 115 cm³/mol. The van der Waals surface area contributed by atoms with Gasteiger partial charge in [0.05, 0.1) is 10.8 Å². The van der Waals surface area contributed by atoms with Gasteiger partial charge in [0.1, 0.15) is 5.82 Å². The highest BCUT2D eigenvalue weighted by atomic mass is 32.2. The van der Waals surface area contributed by atoms with E-state index in [1.54, 1.807) is 4.52 Å². The van der Waals surface area contributed by atoms with Crippen LogP contribution in [0, 0.1) is 6.92 Å². The monoisotopic (exact) mass is 403 g/mol. The standard InChI is InChI=1S/C22H21N5OS/c1-13-12-16-8-4-7-11-19(16)26(13)21(28)14(2)29-22-24-18-10-6-5-9-17(18)20-23-15(3)25-27(20)22/h4-11,13-14H,12H2,1-3H3. The number of aromatic nitrogens is 4. The topological polar surface area (TPSA) is 63.4 Å². The van der Waals surface area contributed by atoms with Crippen molar-refractivity contribution < 1.29 is 4.79 Å². The van der Waals surface area contributed by atoms with Gasteiger partial charge in [-0.05, 0) is 51.0 Å². The number of amides is 1. The highest BCUT2D eigenvalue weighted by Gasteiger charge is 2.34. The van der Waals surface area contributed by atoms with Crippen molar-refractivity contribution >= 4 is 39.9 Å². The second-order valence-corrected chi connectivity index (χ2v) is 8.76. The predicted octanol–water partition coefficient (Wildman–Crippen LogP) is 4.04. The molecule has 5 rings (SSSR count). The Morgan fingerprint density at radius 3 is 2.76 bits per heavy atom. The second-order valence-electron chi connectivity index (χ2n) is 7.46. The Morgan fingerprint density at radius 2 is 1.90 bits per heavy atom. The van der Waals surface area contributed by atoms with Crippen LogP contribution in [0.3, 0.4) is 0 Å². The van der Waals surface area contributed by atoms with Gasteiger partial charge in [0.2, 0.25) is 5.91 Å². The molecule has 3 heterocycles. The summed E-state index contributed by atoms with van der Waals surface area (Å²) in [6.07, 6.45) is 0.889. The molecular formula is C22H21N5OS. The van der Waals surface area contributed by atoms with Gasteiger partial charge in [-0.3, -0.25) is 4.79 Å². The highest BCUT2D eigenvalue weighted by molar-refractivity contribution is 8.00. The Kier molecular flexibility index (Phi) is 4.28. The van der Waals surface area contributed by atoms with Crippen LogP contribution in [0.2, 0.25) is 0 Å². The number of hydrogen-bond donors (Lipinski definition) is 0. The van der Waals surface area contributed by atoms with E-state index in [1.807, 2.05) is 61.2 Å². The van der Waals surface area contributed by atoms with E-state index in [2.05, 4.69) is 23.1 Å². The van der Waals surface area contributed by atoms with E-state index in [-0.39, 0.29) is 17.2 Å². The van der Waals surface area contributed by atoms with Crippen LogP contribution in [-0.2, 0) is 11.2 Å². The van der Waals surface area contributed by atoms with Crippen molar-refractivity contribution in [2.45, 2.75) is 43.6 Å². The van der Waals surface area contributed by atoms with Gasteiger partial charge in [-0.15, -0.1) is 5.10 Å². The molecule has 0 saturated heterocycles. The van der Waals surface area contributed by atoms with Gasteiger partial charge in [-0.25, -0.2) is 9.97 Å². The van der Waals surface area contributed by atoms with Crippen LogP contribution in [0.1, 0.15) is 25.2 Å². The number of nitrogens with zero attached hydrogens (tertiary/aromatic N) is 5. The largest absolute Gasteiger partial charge is 0.308 e. The number of thioether (sulfide) groups is 1. The molecule has 1 aliphatic heterocycles. The Morgan fingerprint density at radius 1 is 1.14 bits per heavy atom. The molecule has 2 aromatic heterocycles. The van der Waals surface area contributed by atoms with Gasteiger partial charge < -0.3 is 4.90 Å². The SMILES string of the molecule is Cc1nc2c3ccccc3nc(SC(C)C(=O)N3c4ccccc4CC3C)n2n1. The van der Waals surface area contributed by atoms with Crippen LogP contribution < -0.4 is 4.90 Å². The van der Waals surface area contributed by atoms with Crippen molar-refractivity contribution in [2.75, 3.05) is 4.90 Å². The molecule has 0 aliphatic carbocycles. The Hall–Kier alpha value is -2.93. The third kappa shape index (κ3) is 2.97. The molecule has 0 radical (unpaired) electrons. The molecule has 1 aliphatic rings. The zero-order valence-electron chi connectivity index (χ0n) is 16.5. The number of hydrogen-bond acceptors (Lipinski definition) is 5. The van der Waals surface area contributed by atoms with Crippen LogP contribution in [0.4, 0.5) is 5.69 Å². The fourth-order valence-corrected chi connectivity index (χ4v) is 4.92. The lowest BCUT2D eigenvalue weighted by Crippen LogP contribution is -2.40. The molecule has 2 unspecified atom stereocenters. The minimum atomic E-state index is -0.301. The molecule has 0 spiro atoms. The van der Waals surface area contributed by atoms with E-state index < -0.39 is 0 Å². The van der Waals surface area contributed by atoms with E-state index in [0.717, 1.165) is 28.7 Å². The number of carbonyl (C=O) groups is 1. The second kappa shape index (κ2) is 6.84. The van der Waals surface area contributed by atoms with E-state index in [9.17, 15) is 4.79 Å². The average molecular weight is 404 g/mol. The highest BCUT2D eigenvalue weighted by Crippen LogP contribution is 2.35. The number of para-hydroxylation sites is 2. The third-order valence-corrected chi connectivity index (χ3v) is 6.36. The quantitative estimate of drug-likeness (QED) is 0.382. The smallest absolute Gasteiger partial charge is 0.240 e. The fourth-order valence-electron chi connectivity index (χ4n) is 4.02. The van der Waals surface area contributed by atoms with Gasteiger partial charge >= 0.3 is 0 Å². The summed E-state index contributed by atoms with van der Waals surface area (Å²) in [4.78, 5) is 24.6. The first-order chi connectivity index (χ1) is 14.0. The van der Waals surface area contributed by atoms with Gasteiger partial charge in [0.15, 0.2) is 10.8 Å². The van der Waals surface area contributed by atoms with Crippen LogP contribution in [0.25, 0.3) is 16.6 Å². The molecule has 4 aromatic rings. The first-order valence-electron chi connectivity index (χ1n) is 9.72. The van der Waals surface area contributed by atoms with Crippen LogP contribution in [-0.4, -0.2) is 36.8 Å². The van der Waals surface area contributed by atoms with Crippen molar-refractivity contribution in [3.05, 3.63) is 59.9 Å². The molecule has 0 saturated carbocycles.